The molecule has 9 heteroatoms. The first-order chi connectivity index (χ1) is 6.75. The molecule has 1 aromatic rings. The van der Waals surface area contributed by atoms with E-state index < -0.39 is 32.5 Å². The Morgan fingerprint density at radius 1 is 1.47 bits per heavy atom. The van der Waals surface area contributed by atoms with E-state index in [2.05, 4.69) is 0 Å². The molecule has 0 atom stereocenters. The van der Waals surface area contributed by atoms with Gasteiger partial charge in [0.1, 0.15) is 10.5 Å². The van der Waals surface area contributed by atoms with E-state index in [-0.39, 0.29) is 3.57 Å². The molecule has 15 heavy (non-hydrogen) atoms. The Kier molecular flexibility index (Phi) is 3.45. The summed E-state index contributed by atoms with van der Waals surface area (Å²) in [5.41, 5.74) is -2.28. The van der Waals surface area contributed by atoms with E-state index in [1.54, 1.807) is 0 Å². The van der Waals surface area contributed by atoms with Gasteiger partial charge >= 0.3 is 0 Å². The SMILES string of the molecule is NS(=O)(=O)c1c(I)c[nH]c(=O)c1C(F)F. The summed E-state index contributed by atoms with van der Waals surface area (Å²) in [6.07, 6.45) is -2.19. The van der Waals surface area contributed by atoms with Crippen molar-refractivity contribution in [1.82, 2.24) is 4.98 Å². The largest absolute Gasteiger partial charge is 0.328 e. The van der Waals surface area contributed by atoms with Gasteiger partial charge in [0.2, 0.25) is 10.0 Å². The third-order valence-corrected chi connectivity index (χ3v) is 3.76. The Labute approximate surface area is 96.9 Å². The Balaban J connectivity index is 3.77. The second kappa shape index (κ2) is 4.14. The summed E-state index contributed by atoms with van der Waals surface area (Å²) in [6, 6.07) is 0. The average molecular weight is 350 g/mol. The Bertz CT molecular complexity index is 540. The molecule has 0 amide bonds. The van der Waals surface area contributed by atoms with Crippen LogP contribution >= 0.6 is 22.6 Å². The van der Waals surface area contributed by atoms with Crippen molar-refractivity contribution in [2.75, 3.05) is 0 Å². The molecule has 0 aliphatic rings. The number of nitrogens with one attached hydrogen (secondary N) is 1. The second-order valence-electron chi connectivity index (χ2n) is 2.55. The van der Waals surface area contributed by atoms with Crippen molar-refractivity contribution in [3.05, 3.63) is 25.7 Å². The van der Waals surface area contributed by atoms with Crippen LogP contribution < -0.4 is 10.7 Å². The third-order valence-electron chi connectivity index (χ3n) is 1.54. The number of H-pyrrole nitrogens is 1. The third kappa shape index (κ3) is 2.52. The van der Waals surface area contributed by atoms with E-state index in [9.17, 15) is 22.0 Å². The van der Waals surface area contributed by atoms with Crippen LogP contribution in [0.15, 0.2) is 15.9 Å². The van der Waals surface area contributed by atoms with Gasteiger partial charge in [0.05, 0.1) is 0 Å². The van der Waals surface area contributed by atoms with Gasteiger partial charge in [-0.25, -0.2) is 22.3 Å². The van der Waals surface area contributed by atoms with Crippen LogP contribution in [0, 0.1) is 3.57 Å². The van der Waals surface area contributed by atoms with Crippen LogP contribution in [0.4, 0.5) is 8.78 Å². The van der Waals surface area contributed by atoms with Crippen LogP contribution in [0.5, 0.6) is 0 Å². The van der Waals surface area contributed by atoms with Crippen LogP contribution in [-0.4, -0.2) is 13.4 Å². The molecule has 0 fully saturated rings. The van der Waals surface area contributed by atoms with E-state index in [0.29, 0.717) is 0 Å². The minimum absolute atomic E-state index is 0.0509. The maximum Gasteiger partial charge on any atom is 0.270 e. The Hall–Kier alpha value is -0.550. The van der Waals surface area contributed by atoms with Crippen LogP contribution in [0.3, 0.4) is 0 Å². The number of alkyl halides is 2. The maximum absolute atomic E-state index is 12.5. The lowest BCUT2D eigenvalue weighted by atomic mass is 10.3. The summed E-state index contributed by atoms with van der Waals surface area (Å²) < 4.78 is 46.9. The van der Waals surface area contributed by atoms with Crippen molar-refractivity contribution in [3.63, 3.8) is 0 Å². The molecular weight excluding hydrogens is 345 g/mol. The zero-order valence-corrected chi connectivity index (χ0v) is 9.97. The monoisotopic (exact) mass is 350 g/mol. The Morgan fingerprint density at radius 3 is 2.33 bits per heavy atom. The highest BCUT2D eigenvalue weighted by molar-refractivity contribution is 14.1. The lowest BCUT2D eigenvalue weighted by Gasteiger charge is -2.07. The van der Waals surface area contributed by atoms with Crippen molar-refractivity contribution in [1.29, 1.82) is 0 Å². The van der Waals surface area contributed by atoms with Gasteiger partial charge in [0.25, 0.3) is 12.0 Å². The summed E-state index contributed by atoms with van der Waals surface area (Å²) in [5, 5.41) is 4.75. The van der Waals surface area contributed by atoms with Crippen LogP contribution in [0.2, 0.25) is 0 Å². The second-order valence-corrected chi connectivity index (χ2v) is 5.21. The molecule has 0 unspecified atom stereocenters. The summed E-state index contributed by atoms with van der Waals surface area (Å²) in [5.74, 6) is 0. The van der Waals surface area contributed by atoms with Crippen molar-refractivity contribution in [2.45, 2.75) is 11.3 Å². The number of aromatic amines is 1. The topological polar surface area (TPSA) is 93.0 Å². The van der Waals surface area contributed by atoms with Gasteiger partial charge in [-0.05, 0) is 22.6 Å². The molecule has 0 saturated carbocycles. The molecular formula is C6H5F2IN2O3S. The van der Waals surface area contributed by atoms with Crippen LogP contribution in [0.25, 0.3) is 0 Å². The highest BCUT2D eigenvalue weighted by Crippen LogP contribution is 2.25. The van der Waals surface area contributed by atoms with Crippen molar-refractivity contribution >= 4 is 32.6 Å². The number of rotatable bonds is 2. The van der Waals surface area contributed by atoms with E-state index in [4.69, 9.17) is 5.14 Å². The van der Waals surface area contributed by atoms with E-state index in [1.807, 2.05) is 4.98 Å². The highest BCUT2D eigenvalue weighted by atomic mass is 127. The fourth-order valence-electron chi connectivity index (χ4n) is 0.991. The quantitative estimate of drug-likeness (QED) is 0.764. The predicted molar refractivity (Wildman–Crippen MR) is 56.1 cm³/mol. The zero-order chi connectivity index (χ0) is 11.8. The molecule has 0 aliphatic heterocycles. The molecule has 1 aromatic heterocycles. The van der Waals surface area contributed by atoms with Gasteiger partial charge in [0.15, 0.2) is 0 Å². The molecule has 0 aliphatic carbocycles. The van der Waals surface area contributed by atoms with Gasteiger partial charge in [-0.2, -0.15) is 0 Å². The highest BCUT2D eigenvalue weighted by Gasteiger charge is 2.26. The van der Waals surface area contributed by atoms with Gasteiger partial charge in [-0.3, -0.25) is 4.79 Å². The van der Waals surface area contributed by atoms with Gasteiger partial charge < -0.3 is 4.98 Å². The van der Waals surface area contributed by atoms with Crippen molar-refractivity contribution in [2.24, 2.45) is 5.14 Å². The molecule has 0 spiro atoms. The standard InChI is InChI=1S/C6H5F2IN2O3S/c7-5(8)3-4(15(10,13)14)2(9)1-11-6(3)12/h1,5H,(H,11,12)(H2,10,13,14). The lowest BCUT2D eigenvalue weighted by Crippen LogP contribution is -2.24. The normalized spacial score (nSPS) is 12.1. The fraction of sp³-hybridized carbons (Fsp3) is 0.167. The van der Waals surface area contributed by atoms with Crippen LogP contribution in [0.1, 0.15) is 12.0 Å². The smallest absolute Gasteiger partial charge is 0.270 e. The van der Waals surface area contributed by atoms with E-state index in [0.717, 1.165) is 6.20 Å². The van der Waals surface area contributed by atoms with Gasteiger partial charge in [0, 0.05) is 9.77 Å². The number of hydrogen-bond acceptors (Lipinski definition) is 3. The first kappa shape index (κ1) is 12.5. The number of pyridine rings is 1. The lowest BCUT2D eigenvalue weighted by molar-refractivity contribution is 0.146. The number of hydrogen-bond donors (Lipinski definition) is 2. The maximum atomic E-state index is 12.5. The predicted octanol–water partition coefficient (Wildman–Crippen LogP) is 0.565. The number of primary sulfonamides is 1. The van der Waals surface area contributed by atoms with Crippen LogP contribution in [-0.2, 0) is 10.0 Å². The molecule has 0 bridgehead atoms. The minimum Gasteiger partial charge on any atom is -0.328 e. The fourth-order valence-corrected chi connectivity index (χ4v) is 3.18. The molecule has 1 rings (SSSR count). The number of sulfonamides is 1. The summed E-state index contributed by atoms with van der Waals surface area (Å²) in [7, 11) is -4.34. The Morgan fingerprint density at radius 2 is 2.00 bits per heavy atom. The molecule has 3 N–H and O–H groups in total. The zero-order valence-electron chi connectivity index (χ0n) is 7.00. The van der Waals surface area contributed by atoms with E-state index >= 15 is 0 Å². The number of halogens is 3. The van der Waals surface area contributed by atoms with Gasteiger partial charge in [-0.15, -0.1) is 0 Å². The number of aromatic nitrogens is 1. The first-order valence-corrected chi connectivity index (χ1v) is 6.09. The summed E-state index contributed by atoms with van der Waals surface area (Å²) in [4.78, 5) is 12.2. The molecule has 0 radical (unpaired) electrons. The molecule has 0 aromatic carbocycles. The molecule has 0 saturated heterocycles. The average Bonchev–Trinajstić information content (AvgIpc) is 2.05. The molecule has 84 valence electrons. The van der Waals surface area contributed by atoms with E-state index in [1.165, 1.54) is 22.6 Å². The molecule has 1 heterocycles. The number of nitrogens with two attached hydrogens (primary N) is 1. The minimum atomic E-state index is -4.34. The molecule has 5 nitrogen and oxygen atoms in total. The summed E-state index contributed by atoms with van der Waals surface area (Å²) in [6.45, 7) is 0. The summed E-state index contributed by atoms with van der Waals surface area (Å²) >= 11 is 1.50. The van der Waals surface area contributed by atoms with Crippen molar-refractivity contribution < 1.29 is 17.2 Å². The van der Waals surface area contributed by atoms with Crippen molar-refractivity contribution in [3.8, 4) is 0 Å². The first-order valence-electron chi connectivity index (χ1n) is 3.47. The van der Waals surface area contributed by atoms with Gasteiger partial charge in [-0.1, -0.05) is 0 Å².